The van der Waals surface area contributed by atoms with Crippen molar-refractivity contribution in [2.45, 2.75) is 26.6 Å². The second-order valence-electron chi connectivity index (χ2n) is 5.50. The molecule has 2 aromatic rings. The van der Waals surface area contributed by atoms with Crippen LogP contribution in [-0.4, -0.2) is 24.3 Å². The third kappa shape index (κ3) is 5.08. The van der Waals surface area contributed by atoms with E-state index in [0.717, 1.165) is 16.7 Å². The summed E-state index contributed by atoms with van der Waals surface area (Å²) in [5, 5.41) is 15.7. The lowest BCUT2D eigenvalue weighted by molar-refractivity contribution is 0.134. The van der Waals surface area contributed by atoms with Crippen LogP contribution in [0.4, 0.5) is 10.5 Å². The molecule has 1 atom stereocenters. The number of rotatable bonds is 7. The molecule has 0 aromatic heterocycles. The molecule has 0 saturated heterocycles. The number of aliphatic hydroxyl groups excluding tert-OH is 1. The summed E-state index contributed by atoms with van der Waals surface area (Å²) in [7, 11) is 0. The Morgan fingerprint density at radius 2 is 1.88 bits per heavy atom. The van der Waals surface area contributed by atoms with Gasteiger partial charge in [-0.2, -0.15) is 0 Å². The number of aryl methyl sites for hydroxylation is 1. The summed E-state index contributed by atoms with van der Waals surface area (Å²) >= 11 is 0. The minimum Gasteiger partial charge on any atom is -0.387 e. The molecule has 1 unspecified atom stereocenters. The zero-order chi connectivity index (χ0) is 17.4. The minimum atomic E-state index is -0.740. The Hall–Kier alpha value is -2.37. The molecule has 0 aliphatic heterocycles. The highest BCUT2D eigenvalue weighted by atomic mass is 16.5. The molecule has 2 rings (SSSR count). The number of hydrogen-bond acceptors (Lipinski definition) is 3. The van der Waals surface area contributed by atoms with Gasteiger partial charge in [-0.1, -0.05) is 42.5 Å². The van der Waals surface area contributed by atoms with Gasteiger partial charge in [0.15, 0.2) is 0 Å². The van der Waals surface area contributed by atoms with Crippen LogP contribution in [0.3, 0.4) is 0 Å². The van der Waals surface area contributed by atoms with Gasteiger partial charge in [-0.05, 0) is 31.0 Å². The van der Waals surface area contributed by atoms with E-state index < -0.39 is 6.10 Å². The number of benzene rings is 2. The van der Waals surface area contributed by atoms with Crippen molar-refractivity contribution in [1.29, 1.82) is 0 Å². The Balaban J connectivity index is 1.91. The first-order valence-electron chi connectivity index (χ1n) is 8.06. The second-order valence-corrected chi connectivity index (χ2v) is 5.50. The molecule has 5 heteroatoms. The van der Waals surface area contributed by atoms with Crippen LogP contribution in [0.25, 0.3) is 0 Å². The third-order valence-corrected chi connectivity index (χ3v) is 3.73. The quantitative estimate of drug-likeness (QED) is 0.729. The maximum absolute atomic E-state index is 12.1. The van der Waals surface area contributed by atoms with Crippen molar-refractivity contribution >= 4 is 11.7 Å². The summed E-state index contributed by atoms with van der Waals surface area (Å²) in [6.07, 6.45) is -0.740. The molecule has 0 fully saturated rings. The Bertz CT molecular complexity index is 673. The largest absolute Gasteiger partial charge is 0.387 e. The van der Waals surface area contributed by atoms with E-state index in [9.17, 15) is 9.90 Å². The van der Waals surface area contributed by atoms with Crippen molar-refractivity contribution in [2.75, 3.05) is 18.5 Å². The van der Waals surface area contributed by atoms with Crippen LogP contribution < -0.4 is 10.6 Å². The predicted molar refractivity (Wildman–Crippen MR) is 94.9 cm³/mol. The number of carbonyl (C=O) groups excluding carboxylic acids is 1. The van der Waals surface area contributed by atoms with E-state index in [1.807, 2.05) is 62.4 Å². The topological polar surface area (TPSA) is 70.6 Å². The van der Waals surface area contributed by atoms with Crippen molar-refractivity contribution in [3.05, 3.63) is 65.2 Å². The fourth-order valence-corrected chi connectivity index (χ4v) is 2.41. The van der Waals surface area contributed by atoms with Crippen LogP contribution in [0, 0.1) is 6.92 Å². The van der Waals surface area contributed by atoms with E-state index in [1.165, 1.54) is 0 Å². The molecule has 0 aliphatic rings. The second kappa shape index (κ2) is 9.05. The molecule has 0 bridgehead atoms. The average Bonchev–Trinajstić information content (AvgIpc) is 2.59. The summed E-state index contributed by atoms with van der Waals surface area (Å²) in [5.41, 5.74) is 3.42. The number of hydrogen-bond donors (Lipinski definition) is 3. The van der Waals surface area contributed by atoms with Gasteiger partial charge >= 0.3 is 6.03 Å². The first-order valence-corrected chi connectivity index (χ1v) is 8.06. The van der Waals surface area contributed by atoms with Gasteiger partial charge in [0, 0.05) is 24.4 Å². The highest BCUT2D eigenvalue weighted by Crippen LogP contribution is 2.17. The molecule has 5 nitrogen and oxygen atoms in total. The maximum Gasteiger partial charge on any atom is 0.319 e. The van der Waals surface area contributed by atoms with Crippen LogP contribution in [-0.2, 0) is 11.3 Å². The van der Waals surface area contributed by atoms with Gasteiger partial charge in [0.05, 0.1) is 12.7 Å². The van der Waals surface area contributed by atoms with Crippen LogP contribution in [0.15, 0.2) is 48.5 Å². The van der Waals surface area contributed by atoms with E-state index in [0.29, 0.717) is 18.9 Å². The highest BCUT2D eigenvalue weighted by Gasteiger charge is 2.12. The smallest absolute Gasteiger partial charge is 0.319 e. The van der Waals surface area contributed by atoms with Crippen molar-refractivity contribution in [3.63, 3.8) is 0 Å². The van der Waals surface area contributed by atoms with Gasteiger partial charge in [-0.15, -0.1) is 0 Å². The van der Waals surface area contributed by atoms with E-state index >= 15 is 0 Å². The Labute approximate surface area is 142 Å². The number of amides is 2. The fourth-order valence-electron chi connectivity index (χ4n) is 2.41. The number of carbonyl (C=O) groups is 1. The SMILES string of the molecule is CCOCc1ccccc1NC(=O)NCC(O)c1ccccc1C. The number of ether oxygens (including phenoxy) is 1. The van der Waals surface area contributed by atoms with E-state index in [-0.39, 0.29) is 12.6 Å². The first kappa shape index (κ1) is 18.0. The zero-order valence-electron chi connectivity index (χ0n) is 14.1. The average molecular weight is 328 g/mol. The Kier molecular flexibility index (Phi) is 6.78. The van der Waals surface area contributed by atoms with Gasteiger partial charge in [-0.25, -0.2) is 4.79 Å². The van der Waals surface area contributed by atoms with Crippen molar-refractivity contribution in [3.8, 4) is 0 Å². The van der Waals surface area contributed by atoms with Gasteiger partial charge in [0.1, 0.15) is 0 Å². The maximum atomic E-state index is 12.1. The van der Waals surface area contributed by atoms with Gasteiger partial charge in [-0.3, -0.25) is 0 Å². The Morgan fingerprint density at radius 3 is 2.62 bits per heavy atom. The molecule has 2 amide bonds. The molecular weight excluding hydrogens is 304 g/mol. The molecule has 24 heavy (non-hydrogen) atoms. The minimum absolute atomic E-state index is 0.143. The van der Waals surface area contributed by atoms with Crippen LogP contribution in [0.5, 0.6) is 0 Å². The summed E-state index contributed by atoms with van der Waals surface area (Å²) < 4.78 is 5.40. The van der Waals surface area contributed by atoms with Crippen molar-refractivity contribution in [1.82, 2.24) is 5.32 Å². The molecule has 3 N–H and O–H groups in total. The summed E-state index contributed by atoms with van der Waals surface area (Å²) in [6.45, 7) is 5.06. The molecule has 128 valence electrons. The molecule has 2 aromatic carbocycles. The predicted octanol–water partition coefficient (Wildman–Crippen LogP) is 3.39. The summed E-state index contributed by atoms with van der Waals surface area (Å²) in [6, 6.07) is 14.7. The zero-order valence-corrected chi connectivity index (χ0v) is 14.1. The van der Waals surface area contributed by atoms with Crippen molar-refractivity contribution < 1.29 is 14.6 Å². The number of urea groups is 1. The molecule has 0 spiro atoms. The molecule has 0 heterocycles. The number of nitrogens with one attached hydrogen (secondary N) is 2. The standard InChI is InChI=1S/C19H24N2O3/c1-3-24-13-15-9-5-7-11-17(15)21-19(23)20-12-18(22)16-10-6-4-8-14(16)2/h4-11,18,22H,3,12-13H2,1-2H3,(H2,20,21,23). The number of para-hydroxylation sites is 1. The van der Waals surface area contributed by atoms with Crippen LogP contribution in [0.1, 0.15) is 29.7 Å². The van der Waals surface area contributed by atoms with E-state index in [2.05, 4.69) is 10.6 Å². The van der Waals surface area contributed by atoms with Crippen LogP contribution >= 0.6 is 0 Å². The van der Waals surface area contributed by atoms with Gasteiger partial charge in [0.2, 0.25) is 0 Å². The third-order valence-electron chi connectivity index (χ3n) is 3.73. The van der Waals surface area contributed by atoms with E-state index in [4.69, 9.17) is 4.74 Å². The molecular formula is C19H24N2O3. The number of anilines is 1. The molecule has 0 saturated carbocycles. The summed E-state index contributed by atoms with van der Waals surface area (Å²) in [4.78, 5) is 12.1. The molecule has 0 aliphatic carbocycles. The summed E-state index contributed by atoms with van der Waals surface area (Å²) in [5.74, 6) is 0. The molecule has 0 radical (unpaired) electrons. The highest BCUT2D eigenvalue weighted by molar-refractivity contribution is 5.90. The lowest BCUT2D eigenvalue weighted by atomic mass is 10.0. The Morgan fingerprint density at radius 1 is 1.17 bits per heavy atom. The van der Waals surface area contributed by atoms with Crippen LogP contribution in [0.2, 0.25) is 0 Å². The lowest BCUT2D eigenvalue weighted by Crippen LogP contribution is -2.32. The monoisotopic (exact) mass is 328 g/mol. The number of aliphatic hydroxyl groups is 1. The van der Waals surface area contributed by atoms with Gasteiger partial charge in [0.25, 0.3) is 0 Å². The first-order chi connectivity index (χ1) is 11.6. The normalized spacial score (nSPS) is 11.8. The van der Waals surface area contributed by atoms with Crippen molar-refractivity contribution in [2.24, 2.45) is 0 Å². The van der Waals surface area contributed by atoms with E-state index in [1.54, 1.807) is 0 Å². The van der Waals surface area contributed by atoms with Gasteiger partial charge < -0.3 is 20.5 Å². The lowest BCUT2D eigenvalue weighted by Gasteiger charge is -2.16. The fraction of sp³-hybridized carbons (Fsp3) is 0.316.